The first-order valence-electron chi connectivity index (χ1n) is 5.86. The fraction of sp³-hybridized carbons (Fsp3) is 0.286. The van der Waals surface area contributed by atoms with Crippen LogP contribution in [-0.2, 0) is 13.1 Å². The molecule has 18 heavy (non-hydrogen) atoms. The van der Waals surface area contributed by atoms with Crippen molar-refractivity contribution >= 4 is 11.3 Å². The highest BCUT2D eigenvalue weighted by Crippen LogP contribution is 2.39. The molecular weight excluding hydrogens is 246 g/mol. The van der Waals surface area contributed by atoms with Gasteiger partial charge in [-0.15, -0.1) is 11.3 Å². The van der Waals surface area contributed by atoms with Crippen molar-refractivity contribution in [1.82, 2.24) is 5.32 Å². The van der Waals surface area contributed by atoms with Crippen molar-refractivity contribution in [2.75, 3.05) is 14.2 Å². The van der Waals surface area contributed by atoms with Crippen molar-refractivity contribution in [3.8, 4) is 21.9 Å². The van der Waals surface area contributed by atoms with E-state index in [2.05, 4.69) is 16.8 Å². The molecule has 0 radical (unpaired) electrons. The van der Waals surface area contributed by atoms with E-state index in [1.165, 1.54) is 21.6 Å². The minimum atomic E-state index is 0.771. The summed E-state index contributed by atoms with van der Waals surface area (Å²) in [5.74, 6) is 1.55. The molecular formula is C14H15NO2S. The molecule has 1 aliphatic rings. The topological polar surface area (TPSA) is 30.5 Å². The number of methoxy groups -OCH3 is 2. The van der Waals surface area contributed by atoms with Gasteiger partial charge in [0.05, 0.1) is 14.2 Å². The second kappa shape index (κ2) is 4.63. The second-order valence-electron chi connectivity index (χ2n) is 4.24. The lowest BCUT2D eigenvalue weighted by molar-refractivity contribution is 0.355. The molecule has 2 heterocycles. The second-order valence-corrected chi connectivity index (χ2v) is 5.12. The van der Waals surface area contributed by atoms with Gasteiger partial charge in [0.15, 0.2) is 11.5 Å². The number of thiophene rings is 1. The van der Waals surface area contributed by atoms with Crippen LogP contribution in [0.15, 0.2) is 23.6 Å². The maximum Gasteiger partial charge on any atom is 0.161 e. The van der Waals surface area contributed by atoms with Gasteiger partial charge in [-0.25, -0.2) is 0 Å². The highest BCUT2D eigenvalue weighted by atomic mass is 32.1. The zero-order valence-corrected chi connectivity index (χ0v) is 11.3. The largest absolute Gasteiger partial charge is 0.493 e. The molecule has 0 saturated heterocycles. The maximum absolute atomic E-state index is 5.36. The van der Waals surface area contributed by atoms with Crippen LogP contribution >= 0.6 is 11.3 Å². The SMILES string of the molecule is COc1ccc(-c2scc3c2CNC3)cc1OC. The Morgan fingerprint density at radius 2 is 1.94 bits per heavy atom. The average molecular weight is 261 g/mol. The van der Waals surface area contributed by atoms with E-state index in [1.54, 1.807) is 25.6 Å². The van der Waals surface area contributed by atoms with Crippen LogP contribution in [0.4, 0.5) is 0 Å². The first-order valence-corrected chi connectivity index (χ1v) is 6.74. The number of benzene rings is 1. The third-order valence-corrected chi connectivity index (χ3v) is 4.36. The Labute approximate surface area is 110 Å². The number of hydrogen-bond donors (Lipinski definition) is 1. The van der Waals surface area contributed by atoms with Crippen molar-refractivity contribution in [2.45, 2.75) is 13.1 Å². The zero-order chi connectivity index (χ0) is 12.5. The molecule has 4 heteroatoms. The van der Waals surface area contributed by atoms with Gasteiger partial charge < -0.3 is 14.8 Å². The van der Waals surface area contributed by atoms with Gasteiger partial charge >= 0.3 is 0 Å². The summed E-state index contributed by atoms with van der Waals surface area (Å²) < 4.78 is 10.6. The molecule has 94 valence electrons. The third kappa shape index (κ3) is 1.78. The molecule has 2 aromatic rings. The lowest BCUT2D eigenvalue weighted by atomic mass is 10.1. The van der Waals surface area contributed by atoms with E-state index in [-0.39, 0.29) is 0 Å². The Bertz CT molecular complexity index is 577. The fourth-order valence-corrected chi connectivity index (χ4v) is 3.40. The van der Waals surface area contributed by atoms with Crippen LogP contribution in [-0.4, -0.2) is 14.2 Å². The summed E-state index contributed by atoms with van der Waals surface area (Å²) in [5.41, 5.74) is 4.04. The molecule has 0 saturated carbocycles. The number of hydrogen-bond acceptors (Lipinski definition) is 4. The Morgan fingerprint density at radius 1 is 1.11 bits per heavy atom. The van der Waals surface area contributed by atoms with E-state index >= 15 is 0 Å². The average Bonchev–Trinajstić information content (AvgIpc) is 3.00. The molecule has 1 N–H and O–H groups in total. The first-order chi connectivity index (χ1) is 8.83. The van der Waals surface area contributed by atoms with Crippen molar-refractivity contribution in [2.24, 2.45) is 0 Å². The number of fused-ring (bicyclic) bond motifs is 1. The lowest BCUT2D eigenvalue weighted by Gasteiger charge is -2.09. The van der Waals surface area contributed by atoms with Crippen LogP contribution in [0.3, 0.4) is 0 Å². The fourth-order valence-electron chi connectivity index (χ4n) is 2.30. The van der Waals surface area contributed by atoms with Gasteiger partial charge in [-0.1, -0.05) is 0 Å². The van der Waals surface area contributed by atoms with Crippen LogP contribution in [0.5, 0.6) is 11.5 Å². The molecule has 3 rings (SSSR count). The van der Waals surface area contributed by atoms with Gasteiger partial charge in [-0.3, -0.25) is 0 Å². The maximum atomic E-state index is 5.36. The molecule has 0 fully saturated rings. The van der Waals surface area contributed by atoms with Gasteiger partial charge in [-0.2, -0.15) is 0 Å². The zero-order valence-electron chi connectivity index (χ0n) is 10.4. The van der Waals surface area contributed by atoms with E-state index in [0.717, 1.165) is 24.6 Å². The molecule has 1 aromatic heterocycles. The Morgan fingerprint density at radius 3 is 2.72 bits per heavy atom. The minimum absolute atomic E-state index is 0.771. The molecule has 0 atom stereocenters. The summed E-state index contributed by atoms with van der Waals surface area (Å²) in [5, 5.41) is 5.62. The van der Waals surface area contributed by atoms with Crippen LogP contribution in [0.1, 0.15) is 11.1 Å². The van der Waals surface area contributed by atoms with Crippen molar-refractivity contribution in [3.63, 3.8) is 0 Å². The summed E-state index contributed by atoms with van der Waals surface area (Å²) in [6.07, 6.45) is 0. The molecule has 1 aromatic carbocycles. The predicted molar refractivity (Wildman–Crippen MR) is 73.4 cm³/mol. The smallest absolute Gasteiger partial charge is 0.161 e. The van der Waals surface area contributed by atoms with Gasteiger partial charge in [0.25, 0.3) is 0 Å². The lowest BCUT2D eigenvalue weighted by Crippen LogP contribution is -2.01. The van der Waals surface area contributed by atoms with Crippen molar-refractivity contribution in [3.05, 3.63) is 34.7 Å². The Hall–Kier alpha value is -1.52. The summed E-state index contributed by atoms with van der Waals surface area (Å²) in [6, 6.07) is 6.09. The van der Waals surface area contributed by atoms with E-state index in [9.17, 15) is 0 Å². The highest BCUT2D eigenvalue weighted by molar-refractivity contribution is 7.14. The van der Waals surface area contributed by atoms with E-state index in [0.29, 0.717) is 0 Å². The number of ether oxygens (including phenoxy) is 2. The molecule has 0 bridgehead atoms. The number of rotatable bonds is 3. The molecule has 0 spiro atoms. The minimum Gasteiger partial charge on any atom is -0.493 e. The molecule has 0 amide bonds. The van der Waals surface area contributed by atoms with Gasteiger partial charge in [0.2, 0.25) is 0 Å². The monoisotopic (exact) mass is 261 g/mol. The van der Waals surface area contributed by atoms with E-state index in [1.807, 2.05) is 12.1 Å². The quantitative estimate of drug-likeness (QED) is 0.921. The van der Waals surface area contributed by atoms with Crippen LogP contribution in [0.2, 0.25) is 0 Å². The molecule has 1 aliphatic heterocycles. The Balaban J connectivity index is 2.06. The number of nitrogens with one attached hydrogen (secondary N) is 1. The molecule has 0 unspecified atom stereocenters. The van der Waals surface area contributed by atoms with Gasteiger partial charge in [0, 0.05) is 18.0 Å². The summed E-state index contributed by atoms with van der Waals surface area (Å²) >= 11 is 1.80. The van der Waals surface area contributed by atoms with E-state index in [4.69, 9.17) is 9.47 Å². The standard InChI is InChI=1S/C14H15NO2S/c1-16-12-4-3-9(5-13(12)17-2)14-11-7-15-6-10(11)8-18-14/h3-5,8,15H,6-7H2,1-2H3. The van der Waals surface area contributed by atoms with Crippen LogP contribution < -0.4 is 14.8 Å². The highest BCUT2D eigenvalue weighted by Gasteiger charge is 2.18. The normalized spacial score (nSPS) is 13.4. The van der Waals surface area contributed by atoms with Gasteiger partial charge in [0.1, 0.15) is 0 Å². The summed E-state index contributed by atoms with van der Waals surface area (Å²) in [7, 11) is 3.33. The predicted octanol–water partition coefficient (Wildman–Crippen LogP) is 3.04. The van der Waals surface area contributed by atoms with Crippen LogP contribution in [0, 0.1) is 0 Å². The molecule has 3 nitrogen and oxygen atoms in total. The third-order valence-electron chi connectivity index (χ3n) is 3.24. The summed E-state index contributed by atoms with van der Waals surface area (Å²) in [4.78, 5) is 1.33. The Kier molecular flexibility index (Phi) is 2.97. The van der Waals surface area contributed by atoms with Crippen molar-refractivity contribution < 1.29 is 9.47 Å². The van der Waals surface area contributed by atoms with Crippen LogP contribution in [0.25, 0.3) is 10.4 Å². The first kappa shape index (κ1) is 11.6. The summed E-state index contributed by atoms with van der Waals surface area (Å²) in [6.45, 7) is 1.95. The van der Waals surface area contributed by atoms with Gasteiger partial charge in [-0.05, 0) is 40.3 Å². The molecule has 0 aliphatic carbocycles. The van der Waals surface area contributed by atoms with E-state index < -0.39 is 0 Å². The van der Waals surface area contributed by atoms with Crippen molar-refractivity contribution in [1.29, 1.82) is 0 Å².